The lowest BCUT2D eigenvalue weighted by molar-refractivity contribution is 0.0266. The first-order valence-corrected chi connectivity index (χ1v) is 7.20. The lowest BCUT2D eigenvalue weighted by atomic mass is 9.83. The number of rotatable bonds is 3. The van der Waals surface area contributed by atoms with Crippen LogP contribution in [0.4, 0.5) is 8.78 Å². The first-order valence-electron chi connectivity index (χ1n) is 7.20. The molecular formula is C18H16F2O2. The average Bonchev–Trinajstić information content (AvgIpc) is 2.56. The van der Waals surface area contributed by atoms with Crippen LogP contribution in [-0.4, -0.2) is 11.7 Å². The topological polar surface area (TPSA) is 29.5 Å². The fraction of sp³-hybridized carbons (Fsp3) is 0.222. The molecule has 0 spiro atoms. The molecule has 0 atom stereocenters. The van der Waals surface area contributed by atoms with Crippen molar-refractivity contribution in [1.82, 2.24) is 0 Å². The van der Waals surface area contributed by atoms with Crippen molar-refractivity contribution in [2.24, 2.45) is 0 Å². The van der Waals surface area contributed by atoms with Gasteiger partial charge in [0, 0.05) is 11.1 Å². The summed E-state index contributed by atoms with van der Waals surface area (Å²) < 4.78 is 34.1. The van der Waals surface area contributed by atoms with Gasteiger partial charge < -0.3 is 9.84 Å². The lowest BCUT2D eigenvalue weighted by Gasteiger charge is -2.33. The molecule has 0 unspecified atom stereocenters. The van der Waals surface area contributed by atoms with Gasteiger partial charge in [0.05, 0.1) is 6.61 Å². The van der Waals surface area contributed by atoms with Crippen molar-refractivity contribution < 1.29 is 18.6 Å². The zero-order valence-corrected chi connectivity index (χ0v) is 11.9. The predicted octanol–water partition coefficient (Wildman–Crippen LogP) is 3.90. The summed E-state index contributed by atoms with van der Waals surface area (Å²) >= 11 is 0. The molecule has 0 saturated carbocycles. The van der Waals surface area contributed by atoms with Crippen molar-refractivity contribution in [3.05, 3.63) is 83.1 Å². The monoisotopic (exact) mass is 302 g/mol. The second-order valence-corrected chi connectivity index (χ2v) is 5.23. The molecular weight excluding hydrogens is 286 g/mol. The number of hydrogen-bond donors (Lipinski definition) is 1. The predicted molar refractivity (Wildman–Crippen MR) is 79.1 cm³/mol. The summed E-state index contributed by atoms with van der Waals surface area (Å²) in [5, 5.41) is 11.3. The minimum Gasteiger partial charge on any atom is -0.494 e. The van der Waals surface area contributed by atoms with E-state index >= 15 is 0 Å². The summed E-state index contributed by atoms with van der Waals surface area (Å²) in [7, 11) is 0. The number of benzene rings is 2. The Morgan fingerprint density at radius 3 is 1.91 bits per heavy atom. The van der Waals surface area contributed by atoms with Crippen LogP contribution in [-0.2, 0) is 10.3 Å². The highest BCUT2D eigenvalue weighted by Crippen LogP contribution is 2.40. The Hall–Kier alpha value is -2.20. The minimum atomic E-state index is -1.98. The number of halogens is 2. The Bertz CT molecular complexity index is 664. The molecule has 0 aliphatic carbocycles. The van der Waals surface area contributed by atoms with E-state index < -0.39 is 17.2 Å². The number of allylic oxidation sites excluding steroid dienone is 1. The Labute approximate surface area is 127 Å². The maximum absolute atomic E-state index is 14.3. The second-order valence-electron chi connectivity index (χ2n) is 5.23. The van der Waals surface area contributed by atoms with E-state index in [9.17, 15) is 13.9 Å². The van der Waals surface area contributed by atoms with Crippen LogP contribution in [0.3, 0.4) is 0 Å². The van der Waals surface area contributed by atoms with E-state index in [1.165, 1.54) is 36.4 Å². The molecule has 1 aliphatic rings. The van der Waals surface area contributed by atoms with Gasteiger partial charge in [-0.3, -0.25) is 0 Å². The zero-order valence-electron chi connectivity index (χ0n) is 11.9. The normalized spacial score (nSPS) is 15.1. The van der Waals surface area contributed by atoms with Crippen molar-refractivity contribution >= 4 is 0 Å². The van der Waals surface area contributed by atoms with Gasteiger partial charge in [-0.05, 0) is 31.1 Å². The van der Waals surface area contributed by atoms with Gasteiger partial charge in [-0.15, -0.1) is 0 Å². The van der Waals surface area contributed by atoms with E-state index in [1.807, 2.05) is 0 Å². The highest BCUT2D eigenvalue weighted by atomic mass is 19.1. The third kappa shape index (κ3) is 2.40. The molecule has 0 aromatic heterocycles. The molecule has 0 saturated heterocycles. The second kappa shape index (κ2) is 5.89. The summed E-state index contributed by atoms with van der Waals surface area (Å²) in [4.78, 5) is 0. The van der Waals surface area contributed by atoms with Gasteiger partial charge >= 0.3 is 0 Å². The molecule has 1 N–H and O–H groups in total. The van der Waals surface area contributed by atoms with Crippen molar-refractivity contribution in [3.63, 3.8) is 0 Å². The highest BCUT2D eigenvalue weighted by Gasteiger charge is 2.42. The van der Waals surface area contributed by atoms with Crippen LogP contribution in [0.5, 0.6) is 0 Å². The van der Waals surface area contributed by atoms with E-state index in [0.29, 0.717) is 13.0 Å². The zero-order chi connectivity index (χ0) is 15.6. The van der Waals surface area contributed by atoms with E-state index in [0.717, 1.165) is 6.42 Å². The molecule has 2 aromatic carbocycles. The van der Waals surface area contributed by atoms with Crippen LogP contribution < -0.4 is 0 Å². The Morgan fingerprint density at radius 1 is 0.909 bits per heavy atom. The van der Waals surface area contributed by atoms with Gasteiger partial charge in [0.2, 0.25) is 0 Å². The Morgan fingerprint density at radius 2 is 1.45 bits per heavy atom. The quantitative estimate of drug-likeness (QED) is 0.932. The number of aliphatic hydroxyl groups is 1. The van der Waals surface area contributed by atoms with Crippen LogP contribution in [0.25, 0.3) is 0 Å². The summed E-state index contributed by atoms with van der Waals surface area (Å²) in [6.07, 6.45) is 3.21. The fourth-order valence-corrected chi connectivity index (χ4v) is 2.73. The molecule has 3 rings (SSSR count). The van der Waals surface area contributed by atoms with Crippen LogP contribution in [0.15, 0.2) is 60.4 Å². The molecule has 0 bridgehead atoms. The maximum Gasteiger partial charge on any atom is 0.177 e. The number of ether oxygens (including phenoxy) is 1. The summed E-state index contributed by atoms with van der Waals surface area (Å²) in [5.74, 6) is -1.04. The fourth-order valence-electron chi connectivity index (χ4n) is 2.73. The van der Waals surface area contributed by atoms with Crippen LogP contribution >= 0.6 is 0 Å². The van der Waals surface area contributed by atoms with E-state index in [4.69, 9.17) is 4.74 Å². The minimum absolute atomic E-state index is 0.0201. The van der Waals surface area contributed by atoms with Crippen molar-refractivity contribution in [3.8, 4) is 0 Å². The summed E-state index contributed by atoms with van der Waals surface area (Å²) in [6, 6.07) is 11.6. The first kappa shape index (κ1) is 14.7. The lowest BCUT2D eigenvalue weighted by Crippen LogP contribution is -2.34. The van der Waals surface area contributed by atoms with E-state index in [1.54, 1.807) is 18.2 Å². The third-order valence-electron chi connectivity index (χ3n) is 3.82. The van der Waals surface area contributed by atoms with Gasteiger partial charge in [-0.25, -0.2) is 8.78 Å². The molecule has 2 nitrogen and oxygen atoms in total. The van der Waals surface area contributed by atoms with Gasteiger partial charge in [0.1, 0.15) is 17.4 Å². The molecule has 1 aliphatic heterocycles. The van der Waals surface area contributed by atoms with Crippen LogP contribution in [0.2, 0.25) is 0 Å². The standard InChI is InChI=1S/C18H16F2O2/c19-15-9-3-1-7-13(15)18(21,17-11-5-6-12-22-17)14-8-2-4-10-16(14)20/h1-4,7-11,21H,5-6,12H2. The molecule has 4 heteroatoms. The smallest absolute Gasteiger partial charge is 0.177 e. The van der Waals surface area contributed by atoms with Crippen LogP contribution in [0.1, 0.15) is 24.0 Å². The largest absolute Gasteiger partial charge is 0.494 e. The summed E-state index contributed by atoms with van der Waals surface area (Å²) in [6.45, 7) is 0.414. The van der Waals surface area contributed by atoms with Crippen molar-refractivity contribution in [1.29, 1.82) is 0 Å². The van der Waals surface area contributed by atoms with E-state index in [-0.39, 0.29) is 16.9 Å². The molecule has 0 fully saturated rings. The van der Waals surface area contributed by atoms with Gasteiger partial charge in [0.15, 0.2) is 5.60 Å². The first-order chi connectivity index (χ1) is 10.6. The van der Waals surface area contributed by atoms with Crippen LogP contribution in [0, 0.1) is 11.6 Å². The summed E-state index contributed by atoms with van der Waals surface area (Å²) in [5.41, 5.74) is -2.02. The van der Waals surface area contributed by atoms with Crippen molar-refractivity contribution in [2.45, 2.75) is 18.4 Å². The Balaban J connectivity index is 2.25. The maximum atomic E-state index is 14.3. The molecule has 114 valence electrons. The molecule has 0 amide bonds. The molecule has 1 heterocycles. The number of hydrogen-bond acceptors (Lipinski definition) is 2. The molecule has 0 radical (unpaired) electrons. The van der Waals surface area contributed by atoms with Gasteiger partial charge in [-0.1, -0.05) is 36.4 Å². The van der Waals surface area contributed by atoms with Gasteiger partial charge in [-0.2, -0.15) is 0 Å². The van der Waals surface area contributed by atoms with E-state index in [2.05, 4.69) is 0 Å². The SMILES string of the molecule is OC(C1=CCCCO1)(c1ccccc1F)c1ccccc1F. The van der Waals surface area contributed by atoms with Crippen molar-refractivity contribution in [2.75, 3.05) is 6.61 Å². The molecule has 2 aromatic rings. The highest BCUT2D eigenvalue weighted by molar-refractivity contribution is 5.44. The average molecular weight is 302 g/mol. The molecule has 22 heavy (non-hydrogen) atoms. The Kier molecular flexibility index (Phi) is 3.94. The van der Waals surface area contributed by atoms with Gasteiger partial charge in [0.25, 0.3) is 0 Å². The third-order valence-corrected chi connectivity index (χ3v) is 3.82.